The van der Waals surface area contributed by atoms with Gasteiger partial charge in [0.25, 0.3) is 0 Å². The Hall–Kier alpha value is -1.69. The summed E-state index contributed by atoms with van der Waals surface area (Å²) >= 11 is 0. The first-order valence-electron chi connectivity index (χ1n) is 6.58. The number of hydrogen-bond donors (Lipinski definition) is 2. The lowest BCUT2D eigenvalue weighted by molar-refractivity contribution is 0.0690. The third-order valence-corrected chi connectivity index (χ3v) is 3.39. The van der Waals surface area contributed by atoms with Gasteiger partial charge in [-0.1, -0.05) is 0 Å². The van der Waals surface area contributed by atoms with E-state index in [4.69, 9.17) is 10.2 Å². The van der Waals surface area contributed by atoms with Gasteiger partial charge < -0.3 is 15.1 Å². The number of aromatic carboxylic acids is 1. The van der Waals surface area contributed by atoms with E-state index in [0.717, 1.165) is 12.8 Å². The second-order valence-corrected chi connectivity index (χ2v) is 4.86. The highest BCUT2D eigenvalue weighted by molar-refractivity contribution is 5.85. The van der Waals surface area contributed by atoms with Crippen molar-refractivity contribution < 1.29 is 15.0 Å². The molecule has 1 aliphatic carbocycles. The number of rotatable bonds is 6. The summed E-state index contributed by atoms with van der Waals surface area (Å²) in [6, 6.07) is 1.84. The highest BCUT2D eigenvalue weighted by atomic mass is 16.4. The van der Waals surface area contributed by atoms with E-state index in [1.807, 2.05) is 4.90 Å². The van der Waals surface area contributed by atoms with Crippen LogP contribution in [-0.4, -0.2) is 45.3 Å². The van der Waals surface area contributed by atoms with Gasteiger partial charge >= 0.3 is 5.97 Å². The smallest absolute Gasteiger partial charge is 0.354 e. The van der Waals surface area contributed by atoms with Crippen LogP contribution in [0.3, 0.4) is 0 Å². The van der Waals surface area contributed by atoms with Gasteiger partial charge in [-0.05, 0) is 38.7 Å². The molecule has 104 valence electrons. The summed E-state index contributed by atoms with van der Waals surface area (Å²) in [5.74, 6) is -0.571. The van der Waals surface area contributed by atoms with Crippen LogP contribution in [0.4, 0.5) is 5.95 Å². The molecule has 0 atom stereocenters. The van der Waals surface area contributed by atoms with Crippen molar-refractivity contribution in [2.45, 2.75) is 38.6 Å². The molecule has 2 N–H and O–H groups in total. The molecule has 0 bridgehead atoms. The Morgan fingerprint density at radius 1 is 1.47 bits per heavy atom. The van der Waals surface area contributed by atoms with Gasteiger partial charge in [0, 0.05) is 24.9 Å². The molecule has 1 fully saturated rings. The van der Waals surface area contributed by atoms with Crippen LogP contribution in [0, 0.1) is 6.92 Å². The zero-order valence-corrected chi connectivity index (χ0v) is 11.0. The maximum Gasteiger partial charge on any atom is 0.354 e. The number of carboxylic acid groups (broad SMARTS) is 1. The predicted molar refractivity (Wildman–Crippen MR) is 70.4 cm³/mol. The summed E-state index contributed by atoms with van der Waals surface area (Å²) in [4.78, 5) is 21.5. The number of hydrogen-bond acceptors (Lipinski definition) is 5. The summed E-state index contributed by atoms with van der Waals surface area (Å²) in [5, 5.41) is 18.0. The normalized spacial score (nSPS) is 15.1. The predicted octanol–water partition coefficient (Wildman–Crippen LogP) is 1.22. The molecule has 0 aliphatic heterocycles. The van der Waals surface area contributed by atoms with Gasteiger partial charge in [0.15, 0.2) is 5.69 Å². The Balaban J connectivity index is 2.26. The Kier molecular flexibility index (Phi) is 4.31. The van der Waals surface area contributed by atoms with Crippen molar-refractivity contribution in [1.82, 2.24) is 9.97 Å². The van der Waals surface area contributed by atoms with Crippen molar-refractivity contribution in [3.8, 4) is 0 Å². The molecule has 1 saturated carbocycles. The van der Waals surface area contributed by atoms with Crippen LogP contribution in [0.5, 0.6) is 0 Å². The van der Waals surface area contributed by atoms with Crippen LogP contribution in [-0.2, 0) is 0 Å². The first-order chi connectivity index (χ1) is 9.11. The molecule has 2 rings (SSSR count). The van der Waals surface area contributed by atoms with Crippen LogP contribution >= 0.6 is 0 Å². The van der Waals surface area contributed by atoms with Gasteiger partial charge in [-0.3, -0.25) is 0 Å². The van der Waals surface area contributed by atoms with Crippen molar-refractivity contribution in [3.63, 3.8) is 0 Å². The second-order valence-electron chi connectivity index (χ2n) is 4.86. The Morgan fingerprint density at radius 2 is 2.21 bits per heavy atom. The van der Waals surface area contributed by atoms with Crippen molar-refractivity contribution in [2.24, 2.45) is 0 Å². The van der Waals surface area contributed by atoms with E-state index in [9.17, 15) is 4.79 Å². The zero-order valence-electron chi connectivity index (χ0n) is 11.0. The molecule has 0 saturated heterocycles. The molecule has 6 nitrogen and oxygen atoms in total. The molecular weight excluding hydrogens is 246 g/mol. The van der Waals surface area contributed by atoms with Crippen LogP contribution < -0.4 is 4.90 Å². The van der Waals surface area contributed by atoms with Crippen LogP contribution in [0.2, 0.25) is 0 Å². The van der Waals surface area contributed by atoms with Crippen molar-refractivity contribution in [1.29, 1.82) is 0 Å². The third-order valence-electron chi connectivity index (χ3n) is 3.39. The quantitative estimate of drug-likeness (QED) is 0.804. The van der Waals surface area contributed by atoms with E-state index < -0.39 is 5.97 Å². The molecule has 1 heterocycles. The standard InChI is InChI=1S/C13H19N3O3/c1-9-8-11(12(18)19)15-13(14-9)16(6-3-7-17)10-4-2-5-10/h8,10,17H,2-7H2,1H3,(H,18,19). The second kappa shape index (κ2) is 5.97. The average molecular weight is 265 g/mol. The van der Waals surface area contributed by atoms with Gasteiger partial charge in [0.05, 0.1) is 0 Å². The van der Waals surface area contributed by atoms with E-state index in [-0.39, 0.29) is 12.3 Å². The van der Waals surface area contributed by atoms with Crippen LogP contribution in [0.25, 0.3) is 0 Å². The number of aliphatic hydroxyl groups excluding tert-OH is 1. The molecule has 6 heteroatoms. The largest absolute Gasteiger partial charge is 0.477 e. The van der Waals surface area contributed by atoms with E-state index in [2.05, 4.69) is 9.97 Å². The fraction of sp³-hybridized carbons (Fsp3) is 0.615. The lowest BCUT2D eigenvalue weighted by Gasteiger charge is -2.37. The highest BCUT2D eigenvalue weighted by Crippen LogP contribution is 2.28. The maximum absolute atomic E-state index is 11.0. The van der Waals surface area contributed by atoms with E-state index >= 15 is 0 Å². The maximum atomic E-state index is 11.0. The lowest BCUT2D eigenvalue weighted by Crippen LogP contribution is -2.42. The number of aryl methyl sites for hydroxylation is 1. The van der Waals surface area contributed by atoms with Gasteiger partial charge in [0.1, 0.15) is 0 Å². The van der Waals surface area contributed by atoms with Gasteiger partial charge in [-0.25, -0.2) is 14.8 Å². The molecule has 0 aromatic carbocycles. The number of anilines is 1. The third kappa shape index (κ3) is 3.20. The topological polar surface area (TPSA) is 86.5 Å². The minimum Gasteiger partial charge on any atom is -0.477 e. The van der Waals surface area contributed by atoms with Gasteiger partial charge in [0.2, 0.25) is 5.95 Å². The Labute approximate surface area is 112 Å². The van der Waals surface area contributed by atoms with Crippen molar-refractivity contribution in [3.05, 3.63) is 17.5 Å². The minimum atomic E-state index is -1.04. The number of carbonyl (C=O) groups is 1. The molecule has 0 spiro atoms. The summed E-state index contributed by atoms with van der Waals surface area (Å²) in [7, 11) is 0. The fourth-order valence-electron chi connectivity index (χ4n) is 2.18. The molecule has 1 aromatic rings. The Morgan fingerprint density at radius 3 is 2.74 bits per heavy atom. The average Bonchev–Trinajstić information content (AvgIpc) is 2.31. The molecule has 1 aromatic heterocycles. The number of aromatic nitrogens is 2. The summed E-state index contributed by atoms with van der Waals surface area (Å²) in [6.45, 7) is 2.53. The fourth-order valence-corrected chi connectivity index (χ4v) is 2.18. The SMILES string of the molecule is Cc1cc(C(=O)O)nc(N(CCCO)C2CCC2)n1. The molecular formula is C13H19N3O3. The van der Waals surface area contributed by atoms with Crippen molar-refractivity contribution in [2.75, 3.05) is 18.1 Å². The summed E-state index contributed by atoms with van der Waals surface area (Å²) < 4.78 is 0. The molecule has 0 amide bonds. The molecule has 19 heavy (non-hydrogen) atoms. The number of nitrogens with zero attached hydrogens (tertiary/aromatic N) is 3. The first kappa shape index (κ1) is 13.7. The Bertz CT molecular complexity index is 460. The lowest BCUT2D eigenvalue weighted by atomic mass is 9.91. The van der Waals surface area contributed by atoms with E-state index in [1.54, 1.807) is 6.92 Å². The van der Waals surface area contributed by atoms with Gasteiger partial charge in [-0.2, -0.15) is 0 Å². The zero-order chi connectivity index (χ0) is 13.8. The minimum absolute atomic E-state index is 0.0239. The van der Waals surface area contributed by atoms with E-state index in [1.165, 1.54) is 12.5 Å². The molecule has 0 radical (unpaired) electrons. The van der Waals surface area contributed by atoms with Crippen LogP contribution in [0.15, 0.2) is 6.07 Å². The van der Waals surface area contributed by atoms with Crippen LogP contribution in [0.1, 0.15) is 41.9 Å². The number of aliphatic hydroxyl groups is 1. The molecule has 0 unspecified atom stereocenters. The first-order valence-corrected chi connectivity index (χ1v) is 6.58. The van der Waals surface area contributed by atoms with Gasteiger partial charge in [-0.15, -0.1) is 0 Å². The summed E-state index contributed by atoms with van der Waals surface area (Å²) in [5.41, 5.74) is 0.673. The monoisotopic (exact) mass is 265 g/mol. The van der Waals surface area contributed by atoms with E-state index in [0.29, 0.717) is 30.6 Å². The highest BCUT2D eigenvalue weighted by Gasteiger charge is 2.27. The summed E-state index contributed by atoms with van der Waals surface area (Å²) in [6.07, 6.45) is 3.96. The number of carboxylic acids is 1. The molecule has 1 aliphatic rings. The van der Waals surface area contributed by atoms with Crippen molar-refractivity contribution >= 4 is 11.9 Å².